The van der Waals surface area contributed by atoms with Crippen molar-refractivity contribution in [3.63, 3.8) is 0 Å². The molecule has 0 fully saturated rings. The molecule has 0 saturated heterocycles. The van der Waals surface area contributed by atoms with Crippen molar-refractivity contribution in [2.45, 2.75) is 32.2 Å². The molecule has 5 N–H and O–H groups in total. The first-order chi connectivity index (χ1) is 7.61. The van der Waals surface area contributed by atoms with E-state index in [-0.39, 0.29) is 6.61 Å². The van der Waals surface area contributed by atoms with E-state index in [2.05, 4.69) is 9.57 Å². The lowest BCUT2D eigenvalue weighted by atomic mass is 10.1. The van der Waals surface area contributed by atoms with Crippen LogP contribution in [0.3, 0.4) is 0 Å². The Labute approximate surface area is 94.4 Å². The Morgan fingerprint density at radius 2 is 2.06 bits per heavy atom. The quantitative estimate of drug-likeness (QED) is 0.328. The van der Waals surface area contributed by atoms with Crippen molar-refractivity contribution in [3.05, 3.63) is 0 Å². The highest BCUT2D eigenvalue weighted by Gasteiger charge is 2.14. The van der Waals surface area contributed by atoms with Crippen LogP contribution in [0, 0.1) is 0 Å². The van der Waals surface area contributed by atoms with Gasteiger partial charge in [0.1, 0.15) is 0 Å². The minimum absolute atomic E-state index is 0.178. The largest absolute Gasteiger partial charge is 0.533 e. The van der Waals surface area contributed by atoms with Crippen molar-refractivity contribution in [1.29, 1.82) is 0 Å². The van der Waals surface area contributed by atoms with Crippen LogP contribution in [-0.2, 0) is 14.4 Å². The molecule has 0 aliphatic heterocycles. The molecule has 0 saturated carbocycles. The van der Waals surface area contributed by atoms with Crippen molar-refractivity contribution in [1.82, 2.24) is 5.48 Å². The Balaban J connectivity index is 3.66. The first-order valence-corrected chi connectivity index (χ1v) is 5.20. The SMILES string of the molecule is CCOC(=O)ONC(=O)C(N)CCCCN. The van der Waals surface area contributed by atoms with E-state index in [0.29, 0.717) is 13.0 Å². The molecule has 0 heterocycles. The van der Waals surface area contributed by atoms with E-state index in [1.165, 1.54) is 0 Å². The number of hydrogen-bond donors (Lipinski definition) is 3. The Hall–Kier alpha value is -1.34. The summed E-state index contributed by atoms with van der Waals surface area (Å²) in [6.45, 7) is 2.37. The molecule has 0 spiro atoms. The summed E-state index contributed by atoms with van der Waals surface area (Å²) < 4.78 is 4.44. The number of hydroxylamine groups is 1. The molecule has 0 aliphatic rings. The van der Waals surface area contributed by atoms with Crippen LogP contribution in [0.4, 0.5) is 4.79 Å². The number of ether oxygens (including phenoxy) is 1. The first kappa shape index (κ1) is 14.7. The number of rotatable bonds is 6. The van der Waals surface area contributed by atoms with E-state index in [4.69, 9.17) is 11.5 Å². The molecule has 0 aromatic heterocycles. The van der Waals surface area contributed by atoms with Crippen molar-refractivity contribution in [2.24, 2.45) is 11.5 Å². The summed E-state index contributed by atoms with van der Waals surface area (Å²) in [5, 5.41) is 0. The van der Waals surface area contributed by atoms with Crippen LogP contribution in [-0.4, -0.2) is 31.3 Å². The maximum Gasteiger partial charge on any atom is 0.533 e. The molecule has 7 heteroatoms. The second-order valence-corrected chi connectivity index (χ2v) is 3.14. The summed E-state index contributed by atoms with van der Waals surface area (Å²) >= 11 is 0. The maximum atomic E-state index is 11.2. The highest BCUT2D eigenvalue weighted by atomic mass is 16.8. The zero-order chi connectivity index (χ0) is 12.4. The molecular weight excluding hydrogens is 214 g/mol. The Bertz CT molecular complexity index is 223. The number of unbranched alkanes of at least 4 members (excludes halogenated alkanes) is 1. The summed E-state index contributed by atoms with van der Waals surface area (Å²) in [5.41, 5.74) is 12.8. The van der Waals surface area contributed by atoms with Gasteiger partial charge in [0.2, 0.25) is 0 Å². The third-order valence-electron chi connectivity index (χ3n) is 1.80. The molecule has 0 radical (unpaired) electrons. The first-order valence-electron chi connectivity index (χ1n) is 5.20. The van der Waals surface area contributed by atoms with E-state index < -0.39 is 18.1 Å². The third-order valence-corrected chi connectivity index (χ3v) is 1.80. The highest BCUT2D eigenvalue weighted by Crippen LogP contribution is 1.97. The number of carbonyl (C=O) groups is 2. The van der Waals surface area contributed by atoms with Gasteiger partial charge in [-0.05, 0) is 26.3 Å². The van der Waals surface area contributed by atoms with E-state index in [9.17, 15) is 9.59 Å². The number of amides is 1. The fraction of sp³-hybridized carbons (Fsp3) is 0.778. The predicted octanol–water partition coefficient (Wildman–Crippen LogP) is -0.353. The minimum Gasteiger partial charge on any atom is -0.433 e. The van der Waals surface area contributed by atoms with Gasteiger partial charge in [-0.3, -0.25) is 4.79 Å². The fourth-order valence-electron chi connectivity index (χ4n) is 0.955. The average Bonchev–Trinajstić information content (AvgIpc) is 2.26. The van der Waals surface area contributed by atoms with Crippen LogP contribution in [0.2, 0.25) is 0 Å². The summed E-state index contributed by atoms with van der Waals surface area (Å²) in [6.07, 6.45) is 1.10. The Morgan fingerprint density at radius 1 is 1.38 bits per heavy atom. The van der Waals surface area contributed by atoms with Crippen molar-refractivity contribution >= 4 is 12.1 Å². The van der Waals surface area contributed by atoms with Crippen LogP contribution in [0.5, 0.6) is 0 Å². The standard InChI is InChI=1S/C9H19N3O4/c1-2-15-9(14)16-12-8(13)7(11)5-3-4-6-10/h7H,2-6,10-11H2,1H3,(H,12,13). The molecule has 0 aromatic rings. The van der Waals surface area contributed by atoms with Gasteiger partial charge >= 0.3 is 6.16 Å². The van der Waals surface area contributed by atoms with Crippen molar-refractivity contribution in [2.75, 3.05) is 13.2 Å². The maximum absolute atomic E-state index is 11.2. The van der Waals surface area contributed by atoms with Gasteiger partial charge in [-0.25, -0.2) is 4.79 Å². The van der Waals surface area contributed by atoms with Crippen molar-refractivity contribution < 1.29 is 19.2 Å². The molecule has 1 atom stereocenters. The summed E-state index contributed by atoms with van der Waals surface area (Å²) in [7, 11) is 0. The van der Waals surface area contributed by atoms with Gasteiger partial charge < -0.3 is 21.0 Å². The molecular formula is C9H19N3O4. The summed E-state index contributed by atoms with van der Waals surface area (Å²) in [5.74, 6) is -0.551. The molecule has 7 nitrogen and oxygen atoms in total. The molecule has 1 unspecified atom stereocenters. The lowest BCUT2D eigenvalue weighted by Gasteiger charge is -2.10. The van der Waals surface area contributed by atoms with Crippen LogP contribution in [0.25, 0.3) is 0 Å². The molecule has 16 heavy (non-hydrogen) atoms. The Kier molecular flexibility index (Phi) is 8.18. The lowest BCUT2D eigenvalue weighted by Crippen LogP contribution is -2.41. The summed E-state index contributed by atoms with van der Waals surface area (Å²) in [6, 6.07) is -0.707. The number of nitrogens with one attached hydrogen (secondary N) is 1. The lowest BCUT2D eigenvalue weighted by molar-refractivity contribution is -0.132. The monoisotopic (exact) mass is 233 g/mol. The minimum atomic E-state index is -0.954. The van der Waals surface area contributed by atoms with Crippen LogP contribution < -0.4 is 16.9 Å². The van der Waals surface area contributed by atoms with Crippen LogP contribution in [0.1, 0.15) is 26.2 Å². The number of carbonyl (C=O) groups excluding carboxylic acids is 2. The second kappa shape index (κ2) is 8.93. The third kappa shape index (κ3) is 7.02. The molecule has 0 bridgehead atoms. The molecule has 94 valence electrons. The highest BCUT2D eigenvalue weighted by molar-refractivity contribution is 5.81. The smallest absolute Gasteiger partial charge is 0.433 e. The van der Waals surface area contributed by atoms with Gasteiger partial charge in [0.05, 0.1) is 12.6 Å². The van der Waals surface area contributed by atoms with Gasteiger partial charge in [0.25, 0.3) is 5.91 Å². The van der Waals surface area contributed by atoms with Gasteiger partial charge in [-0.2, -0.15) is 5.48 Å². The van der Waals surface area contributed by atoms with Gasteiger partial charge in [-0.15, -0.1) is 0 Å². The van der Waals surface area contributed by atoms with Crippen molar-refractivity contribution in [3.8, 4) is 0 Å². The molecule has 1 amide bonds. The predicted molar refractivity (Wildman–Crippen MR) is 57.1 cm³/mol. The van der Waals surface area contributed by atoms with Crippen LogP contribution in [0.15, 0.2) is 0 Å². The molecule has 0 aromatic carbocycles. The second-order valence-electron chi connectivity index (χ2n) is 3.14. The fourth-order valence-corrected chi connectivity index (χ4v) is 0.955. The summed E-state index contributed by atoms with van der Waals surface area (Å²) in [4.78, 5) is 26.3. The number of nitrogens with two attached hydrogens (primary N) is 2. The van der Waals surface area contributed by atoms with E-state index in [1.807, 2.05) is 5.48 Å². The topological polar surface area (TPSA) is 117 Å². The zero-order valence-corrected chi connectivity index (χ0v) is 9.40. The van der Waals surface area contributed by atoms with E-state index in [1.54, 1.807) is 6.92 Å². The normalized spacial score (nSPS) is 11.7. The van der Waals surface area contributed by atoms with Gasteiger partial charge in [0.15, 0.2) is 0 Å². The van der Waals surface area contributed by atoms with Crippen LogP contribution >= 0.6 is 0 Å². The van der Waals surface area contributed by atoms with E-state index >= 15 is 0 Å². The van der Waals surface area contributed by atoms with Gasteiger partial charge in [-0.1, -0.05) is 6.42 Å². The molecule has 0 rings (SSSR count). The van der Waals surface area contributed by atoms with Gasteiger partial charge in [0, 0.05) is 0 Å². The average molecular weight is 233 g/mol. The molecule has 0 aliphatic carbocycles. The van der Waals surface area contributed by atoms with E-state index in [0.717, 1.165) is 12.8 Å². The zero-order valence-electron chi connectivity index (χ0n) is 9.40. The number of hydrogen-bond acceptors (Lipinski definition) is 6. The Morgan fingerprint density at radius 3 is 2.62 bits per heavy atom.